The standard InChI is InChI=1S/C5H10O/c1-4(2)5(3)6/h5H,1-3H3. The lowest BCUT2D eigenvalue weighted by atomic mass is 10.1. The summed E-state index contributed by atoms with van der Waals surface area (Å²) in [5, 5.41) is 10.2. The van der Waals surface area contributed by atoms with E-state index >= 15 is 0 Å². The minimum Gasteiger partial charge on any atom is -0.233 e. The van der Waals surface area contributed by atoms with Gasteiger partial charge in [-0.1, -0.05) is 13.8 Å². The van der Waals surface area contributed by atoms with Crippen LogP contribution < -0.4 is 0 Å². The van der Waals surface area contributed by atoms with E-state index < -0.39 is 6.10 Å². The largest absolute Gasteiger partial charge is 0.233 e. The molecule has 0 bridgehead atoms. The van der Waals surface area contributed by atoms with Gasteiger partial charge in [0.15, 0.2) is 0 Å². The smallest absolute Gasteiger partial charge is 0.0958 e. The number of hydrogen-bond donors (Lipinski definition) is 0. The Balaban J connectivity index is 2.99. The Labute approximate surface area is 39.0 Å². The normalized spacial score (nSPS) is 15.5. The molecule has 0 rings (SSSR count). The predicted molar refractivity (Wildman–Crippen MR) is 24.7 cm³/mol. The maximum Gasteiger partial charge on any atom is 0.0958 e. The van der Waals surface area contributed by atoms with Crippen LogP contribution >= 0.6 is 0 Å². The topological polar surface area (TPSA) is 19.9 Å². The van der Waals surface area contributed by atoms with Crippen LogP contribution in [0.5, 0.6) is 0 Å². The molecule has 0 heterocycles. The summed E-state index contributed by atoms with van der Waals surface area (Å²) >= 11 is 0. The van der Waals surface area contributed by atoms with E-state index in [0.29, 0.717) is 0 Å². The summed E-state index contributed by atoms with van der Waals surface area (Å²) in [7, 11) is 0. The molecule has 0 aliphatic rings. The summed E-state index contributed by atoms with van der Waals surface area (Å²) in [6, 6.07) is 0. The lowest BCUT2D eigenvalue weighted by Crippen LogP contribution is -2.03. The van der Waals surface area contributed by atoms with Gasteiger partial charge in [-0.2, -0.15) is 0 Å². The quantitative estimate of drug-likeness (QED) is 0.460. The number of hydrogen-bond acceptors (Lipinski definition) is 0. The molecule has 1 nitrogen and oxygen atoms in total. The van der Waals surface area contributed by atoms with Crippen molar-refractivity contribution in [2.24, 2.45) is 0 Å². The first-order valence-electron chi connectivity index (χ1n) is 2.10. The summed E-state index contributed by atoms with van der Waals surface area (Å²) in [5.41, 5.74) is 0. The third-order valence-electron chi connectivity index (χ3n) is 0.813. The first-order valence-corrected chi connectivity index (χ1v) is 2.10. The monoisotopic (exact) mass is 86.1 g/mol. The van der Waals surface area contributed by atoms with Crippen LogP contribution in [0.4, 0.5) is 0 Å². The van der Waals surface area contributed by atoms with Crippen LogP contribution in [0.15, 0.2) is 0 Å². The second-order valence-electron chi connectivity index (χ2n) is 1.72. The van der Waals surface area contributed by atoms with Gasteiger partial charge in [-0.15, -0.1) is 0 Å². The second-order valence-corrected chi connectivity index (χ2v) is 1.72. The summed E-state index contributed by atoms with van der Waals surface area (Å²) in [5.74, 6) is 0.954. The molecule has 0 N–H and O–H groups in total. The molecule has 1 unspecified atom stereocenters. The first kappa shape index (κ1) is 5.96. The SMILES string of the molecule is C[C](C)C(C)[O]. The highest BCUT2D eigenvalue weighted by molar-refractivity contribution is 4.82. The van der Waals surface area contributed by atoms with Crippen LogP contribution in [-0.4, -0.2) is 6.10 Å². The van der Waals surface area contributed by atoms with E-state index in [2.05, 4.69) is 0 Å². The van der Waals surface area contributed by atoms with E-state index in [9.17, 15) is 5.11 Å². The van der Waals surface area contributed by atoms with E-state index in [1.54, 1.807) is 6.92 Å². The minimum absolute atomic E-state index is 0.481. The summed E-state index contributed by atoms with van der Waals surface area (Å²) in [4.78, 5) is 0. The number of rotatable bonds is 1. The van der Waals surface area contributed by atoms with E-state index in [1.165, 1.54) is 0 Å². The van der Waals surface area contributed by atoms with Gasteiger partial charge in [-0.3, -0.25) is 0 Å². The summed E-state index contributed by atoms with van der Waals surface area (Å²) in [6.45, 7) is 5.34. The average molecular weight is 86.1 g/mol. The van der Waals surface area contributed by atoms with Crippen LogP contribution in [0.2, 0.25) is 0 Å². The van der Waals surface area contributed by atoms with Gasteiger partial charge in [0.1, 0.15) is 0 Å². The van der Waals surface area contributed by atoms with Crippen molar-refractivity contribution in [1.82, 2.24) is 0 Å². The Kier molecular flexibility index (Phi) is 2.18. The maximum atomic E-state index is 10.2. The van der Waals surface area contributed by atoms with Gasteiger partial charge in [0.25, 0.3) is 0 Å². The first-order chi connectivity index (χ1) is 2.64. The third-order valence-corrected chi connectivity index (χ3v) is 0.813. The summed E-state index contributed by atoms with van der Waals surface area (Å²) < 4.78 is 0. The van der Waals surface area contributed by atoms with Crippen LogP contribution in [-0.2, 0) is 5.11 Å². The Morgan fingerprint density at radius 1 is 1.50 bits per heavy atom. The highest BCUT2D eigenvalue weighted by atomic mass is 16.3. The van der Waals surface area contributed by atoms with Crippen molar-refractivity contribution in [3.05, 3.63) is 5.92 Å². The molecule has 0 aromatic heterocycles. The molecule has 0 aliphatic carbocycles. The molecule has 0 aliphatic heterocycles. The van der Waals surface area contributed by atoms with Crippen LogP contribution in [0.1, 0.15) is 20.8 Å². The Hall–Kier alpha value is -0.0400. The highest BCUT2D eigenvalue weighted by Gasteiger charge is 2.01. The van der Waals surface area contributed by atoms with Gasteiger partial charge in [0, 0.05) is 5.92 Å². The van der Waals surface area contributed by atoms with Gasteiger partial charge >= 0.3 is 0 Å². The molecular weight excluding hydrogens is 76.1 g/mol. The van der Waals surface area contributed by atoms with Crippen LogP contribution in [0, 0.1) is 5.92 Å². The van der Waals surface area contributed by atoms with Crippen molar-refractivity contribution in [2.75, 3.05) is 0 Å². The van der Waals surface area contributed by atoms with E-state index in [0.717, 1.165) is 5.92 Å². The zero-order valence-corrected chi connectivity index (χ0v) is 4.49. The zero-order chi connectivity index (χ0) is 5.15. The van der Waals surface area contributed by atoms with Gasteiger partial charge in [-0.25, -0.2) is 5.11 Å². The molecule has 36 valence electrons. The second kappa shape index (κ2) is 2.19. The fourth-order valence-electron chi connectivity index (χ4n) is 0. The molecule has 1 atom stereocenters. The Morgan fingerprint density at radius 2 is 1.67 bits per heavy atom. The maximum absolute atomic E-state index is 10.2. The summed E-state index contributed by atoms with van der Waals surface area (Å²) in [6.07, 6.45) is -0.481. The molecule has 2 radical (unpaired) electrons. The molecule has 0 amide bonds. The van der Waals surface area contributed by atoms with Crippen molar-refractivity contribution < 1.29 is 5.11 Å². The van der Waals surface area contributed by atoms with E-state index in [1.807, 2.05) is 13.8 Å². The molecule has 0 aromatic rings. The lowest BCUT2D eigenvalue weighted by Gasteiger charge is -2.00. The zero-order valence-electron chi connectivity index (χ0n) is 4.49. The van der Waals surface area contributed by atoms with Crippen molar-refractivity contribution in [3.8, 4) is 0 Å². The third kappa shape index (κ3) is 2.21. The fourth-order valence-corrected chi connectivity index (χ4v) is 0. The van der Waals surface area contributed by atoms with E-state index in [4.69, 9.17) is 0 Å². The fraction of sp³-hybridized carbons (Fsp3) is 0.800. The van der Waals surface area contributed by atoms with Crippen molar-refractivity contribution in [2.45, 2.75) is 26.9 Å². The molecule has 0 saturated heterocycles. The van der Waals surface area contributed by atoms with Crippen molar-refractivity contribution in [1.29, 1.82) is 0 Å². The lowest BCUT2D eigenvalue weighted by molar-refractivity contribution is 0.118. The Morgan fingerprint density at radius 3 is 1.67 bits per heavy atom. The molecule has 0 fully saturated rings. The Bertz CT molecular complexity index is 24.9. The van der Waals surface area contributed by atoms with Crippen LogP contribution in [0.3, 0.4) is 0 Å². The molecule has 0 saturated carbocycles. The molecule has 0 aromatic carbocycles. The average Bonchev–Trinajstić information content (AvgIpc) is 1.36. The predicted octanol–water partition coefficient (Wildman–Crippen LogP) is 1.42. The molecular formula is C5H10O. The van der Waals surface area contributed by atoms with Gasteiger partial charge in [0.05, 0.1) is 6.10 Å². The molecule has 6 heavy (non-hydrogen) atoms. The van der Waals surface area contributed by atoms with Crippen LogP contribution in [0.25, 0.3) is 0 Å². The van der Waals surface area contributed by atoms with Crippen molar-refractivity contribution >= 4 is 0 Å². The van der Waals surface area contributed by atoms with Gasteiger partial charge in [-0.05, 0) is 6.92 Å². The van der Waals surface area contributed by atoms with Gasteiger partial charge in [0.2, 0.25) is 0 Å². The van der Waals surface area contributed by atoms with Gasteiger partial charge < -0.3 is 0 Å². The minimum atomic E-state index is -0.481. The highest BCUT2D eigenvalue weighted by Crippen LogP contribution is 2.00. The van der Waals surface area contributed by atoms with E-state index in [-0.39, 0.29) is 0 Å². The van der Waals surface area contributed by atoms with Crippen molar-refractivity contribution in [3.63, 3.8) is 0 Å². The molecule has 1 heteroatoms. The molecule has 0 spiro atoms.